The summed E-state index contributed by atoms with van der Waals surface area (Å²) in [6, 6.07) is 9.64. The number of Topliss-reactive ketones (excluding diaryl/α,β-unsaturated/α-hetero) is 2. The lowest BCUT2D eigenvalue weighted by atomic mass is 9.87. The van der Waals surface area contributed by atoms with E-state index in [1.165, 1.54) is 91.2 Å². The number of hydrogen-bond acceptors (Lipinski definition) is 22. The summed E-state index contributed by atoms with van der Waals surface area (Å²) >= 11 is 23.9. The number of halogens is 13. The Morgan fingerprint density at radius 1 is 0.477 bits per heavy atom. The molecule has 5 aromatic rings. The van der Waals surface area contributed by atoms with E-state index in [1.807, 2.05) is 0 Å². The second kappa shape index (κ2) is 29.5. The second-order valence-electron chi connectivity index (χ2n) is 31.3. The Balaban J connectivity index is 0.000000190. The van der Waals surface area contributed by atoms with E-state index in [0.29, 0.717) is 0 Å². The van der Waals surface area contributed by atoms with E-state index in [-0.39, 0.29) is 96.6 Å². The Bertz CT molecular complexity index is 5090. The van der Waals surface area contributed by atoms with Crippen LogP contribution < -0.4 is 11.5 Å². The molecular formula is C71H82Cl4F9N13O9S3. The fourth-order valence-corrected chi connectivity index (χ4v) is 24.5. The van der Waals surface area contributed by atoms with Crippen molar-refractivity contribution in [2.45, 2.75) is 224 Å². The summed E-state index contributed by atoms with van der Waals surface area (Å²) in [6.07, 6.45) is -1.48. The molecule has 0 saturated heterocycles. The summed E-state index contributed by atoms with van der Waals surface area (Å²) < 4.78 is 195. The predicted octanol–water partition coefficient (Wildman–Crippen LogP) is 14.9. The van der Waals surface area contributed by atoms with Crippen LogP contribution in [0.3, 0.4) is 0 Å². The standard InChI is InChI=1S/C28H31Cl2F3N4O4S.C22H22Cl2F3N5O2S.C21H29F3N4O3S/c1-25(2,3)41-22(39)11-20-26(4,5)42(40)21(12-28(32,33)14-35-42)27(6,37-20)24-18(31)8-7-16(36-24)10-19(38)23-17(30)9-15(29)13-34-23;1-20(2)19(28)32-21(3,16-8-22(26,27)10-30-35(16,20)34)18-14(25)5-4-12(31-18)7-15(33)17-13(24)6-11(23)9-29-17;1-18(2,3)31-16(29)9-13-19(4,5)32(30)14(10-21(23,24)11-26-32)20(6,28-13)17-12(22)7-8-15(25)27-17/h7-9,13,21H,10-12,14H2,1-6H3;4-6,9,16H,7-8,10H2,1-3H3,(H2,28,32);7-8,14H,9-11H2,1-6H3,(H2,25,27)/t21-,27+,42-;16-,21+,35-;14-,20+,32-/m111/s1. The summed E-state index contributed by atoms with van der Waals surface area (Å²) in [6.45, 7) is 20.6. The predicted molar refractivity (Wildman–Crippen MR) is 400 cm³/mol. The number of carbonyl (C=O) groups is 4. The number of rotatable bonds is 13. The van der Waals surface area contributed by atoms with E-state index < -0.39 is 197 Å². The Labute approximate surface area is 645 Å². The van der Waals surface area contributed by atoms with Gasteiger partial charge in [-0.05, 0) is 152 Å². The molecule has 0 fully saturated rings. The molecule has 0 aromatic carbocycles. The monoisotopic (exact) mass is 1670 g/mol. The van der Waals surface area contributed by atoms with Gasteiger partial charge >= 0.3 is 11.9 Å². The third kappa shape index (κ3) is 16.9. The van der Waals surface area contributed by atoms with Crippen LogP contribution in [-0.4, -0.2) is 157 Å². The molecule has 5 aromatic heterocycles. The van der Waals surface area contributed by atoms with Gasteiger partial charge in [0.2, 0.25) is 0 Å². The highest BCUT2D eigenvalue weighted by Crippen LogP contribution is 2.54. The zero-order chi connectivity index (χ0) is 81.8. The van der Waals surface area contributed by atoms with Crippen LogP contribution in [-0.2, 0) is 77.7 Å². The maximum Gasteiger partial charge on any atom is 0.312 e. The van der Waals surface area contributed by atoms with Crippen molar-refractivity contribution in [3.63, 3.8) is 0 Å². The number of ketones is 2. The van der Waals surface area contributed by atoms with Crippen LogP contribution in [0.4, 0.5) is 45.3 Å². The number of nitrogen functional groups attached to an aromatic ring is 1. The number of carbonyl (C=O) groups excluding carboxylic acids is 4. The first kappa shape index (κ1) is 86.0. The molecule has 0 unspecified atom stereocenters. The quantitative estimate of drug-likeness (QED) is 0.0628. The van der Waals surface area contributed by atoms with Gasteiger partial charge in [0.25, 0.3) is 17.8 Å². The molecule has 38 heteroatoms. The van der Waals surface area contributed by atoms with Crippen LogP contribution in [0, 0.1) is 17.5 Å². The number of fused-ring (bicyclic) bond motifs is 3. The molecule has 6 aliphatic rings. The van der Waals surface area contributed by atoms with Crippen molar-refractivity contribution < 1.29 is 80.8 Å². The largest absolute Gasteiger partial charge is 0.460 e. The van der Waals surface area contributed by atoms with Crippen molar-refractivity contribution in [1.29, 1.82) is 0 Å². The van der Waals surface area contributed by atoms with Crippen LogP contribution >= 0.6 is 46.4 Å². The fourth-order valence-electron chi connectivity index (χ4n) is 13.8. The molecule has 109 heavy (non-hydrogen) atoms. The smallest absolute Gasteiger partial charge is 0.312 e. The van der Waals surface area contributed by atoms with Gasteiger partial charge in [0.1, 0.15) is 110 Å². The average Bonchev–Trinajstić information content (AvgIpc) is 0.708. The number of ether oxygens (including phenoxy) is 2. The van der Waals surface area contributed by atoms with Crippen LogP contribution in [0.5, 0.6) is 0 Å². The number of esters is 2. The molecule has 0 spiro atoms. The molecule has 0 radical (unpaired) electrons. The number of nitrogens with two attached hydrogens (primary N) is 2. The Morgan fingerprint density at radius 3 is 1.12 bits per heavy atom. The number of pyridine rings is 5. The van der Waals surface area contributed by atoms with Gasteiger partial charge in [-0.1, -0.05) is 46.4 Å². The van der Waals surface area contributed by atoms with Crippen LogP contribution in [0.25, 0.3) is 0 Å². The van der Waals surface area contributed by atoms with Crippen LogP contribution in [0.15, 0.2) is 89.0 Å². The summed E-state index contributed by atoms with van der Waals surface area (Å²) in [5.74, 6) is -14.9. The van der Waals surface area contributed by atoms with E-state index in [0.717, 1.165) is 18.2 Å². The molecule has 594 valence electrons. The summed E-state index contributed by atoms with van der Waals surface area (Å²) in [5.41, 5.74) is 3.96. The van der Waals surface area contributed by atoms with Crippen molar-refractivity contribution in [3.05, 3.63) is 138 Å². The molecule has 0 aliphatic carbocycles. The topological polar surface area (TPSA) is 329 Å². The zero-order valence-electron chi connectivity index (χ0n) is 62.0. The first-order valence-corrected chi connectivity index (χ1v) is 40.1. The molecule has 0 bridgehead atoms. The minimum atomic E-state index is -3.59. The van der Waals surface area contributed by atoms with E-state index >= 15 is 8.78 Å². The molecule has 4 N–H and O–H groups in total. The number of aliphatic imine (C=N–C) groups is 3. The Morgan fingerprint density at radius 2 is 0.789 bits per heavy atom. The van der Waals surface area contributed by atoms with Gasteiger partial charge in [0, 0.05) is 54.5 Å². The van der Waals surface area contributed by atoms with Gasteiger partial charge in [0.15, 0.2) is 11.6 Å². The van der Waals surface area contributed by atoms with Gasteiger partial charge < -0.3 is 20.9 Å². The van der Waals surface area contributed by atoms with Crippen molar-refractivity contribution in [1.82, 2.24) is 24.9 Å². The summed E-state index contributed by atoms with van der Waals surface area (Å²) in [5, 5.41) is -3.67. The highest BCUT2D eigenvalue weighted by atomic mass is 35.5. The van der Waals surface area contributed by atoms with E-state index in [4.69, 9.17) is 67.3 Å². The molecule has 0 saturated carbocycles. The Hall–Kier alpha value is -6.98. The number of hydrogen-bond donors (Lipinski definition) is 2. The molecular weight excluding hydrogens is 1590 g/mol. The Kier molecular flexibility index (Phi) is 23.3. The highest BCUT2D eigenvalue weighted by molar-refractivity contribution is 7.97. The third-order valence-electron chi connectivity index (χ3n) is 19.6. The lowest BCUT2D eigenvalue weighted by molar-refractivity contribution is -0.154. The SMILES string of the molecule is CC(C)(C)OC(=O)CC1=N[C@](C)(c2nc(CC(=O)c3ncc(Cl)cc3Cl)ccc2F)[C@H]2CC(F)(F)CN=[S@]2(=O)C1(C)C.CC(C)(C)OC(=O)CC1=N[C@](C)(c2nc(N)ccc2F)[C@H]2CC(F)(F)CN=[S@]2(=O)C1(C)C.CC1(C)C(N)=N[C@](C)(c2nc(CC(=O)c3ncc(Cl)cc3Cl)ccc2F)[C@H]2CC(F)(F)CN=[S@@]21=O. The van der Waals surface area contributed by atoms with Gasteiger partial charge in [0.05, 0.1) is 100 Å². The number of aromatic nitrogens is 5. The number of alkyl halides is 6. The van der Waals surface area contributed by atoms with E-state index in [1.54, 1.807) is 55.4 Å². The minimum Gasteiger partial charge on any atom is -0.460 e. The highest BCUT2D eigenvalue weighted by Gasteiger charge is 2.64. The minimum absolute atomic E-state index is 0.0125. The average molecular weight is 1670 g/mol. The molecule has 0 amide bonds. The number of amidine groups is 1. The van der Waals surface area contributed by atoms with Crippen LogP contribution in [0.2, 0.25) is 20.1 Å². The summed E-state index contributed by atoms with van der Waals surface area (Å²) in [7, 11) is -10.5. The second-order valence-corrected chi connectivity index (χ2v) is 42.0. The zero-order valence-corrected chi connectivity index (χ0v) is 67.4. The van der Waals surface area contributed by atoms with E-state index in [2.05, 4.69) is 53.0 Å². The third-order valence-corrected chi connectivity index (χ3v) is 31.4. The van der Waals surface area contributed by atoms with Crippen molar-refractivity contribution in [3.8, 4) is 0 Å². The molecule has 22 nitrogen and oxygen atoms in total. The van der Waals surface area contributed by atoms with E-state index in [9.17, 15) is 62.5 Å². The summed E-state index contributed by atoms with van der Waals surface area (Å²) in [4.78, 5) is 85.4. The number of nitrogens with zero attached hydrogens (tertiary/aromatic N) is 11. The van der Waals surface area contributed by atoms with Crippen molar-refractivity contribution in [2.24, 2.45) is 33.8 Å². The van der Waals surface area contributed by atoms with Gasteiger partial charge in [-0.25, -0.2) is 80.2 Å². The van der Waals surface area contributed by atoms with Gasteiger partial charge in [-0.15, -0.1) is 0 Å². The van der Waals surface area contributed by atoms with Crippen LogP contribution in [0.1, 0.15) is 185 Å². The normalized spacial score (nSPS) is 28.7. The molecule has 11 heterocycles. The fraction of sp³-hybridized carbons (Fsp3) is 0.549. The lowest BCUT2D eigenvalue weighted by Crippen LogP contribution is -2.62. The maximum absolute atomic E-state index is 15.6. The van der Waals surface area contributed by atoms with Crippen molar-refractivity contribution in [2.75, 3.05) is 25.4 Å². The number of anilines is 1. The molecule has 11 rings (SSSR count). The molecule has 6 aliphatic heterocycles. The molecule has 9 atom stereocenters. The van der Waals surface area contributed by atoms with Gasteiger partial charge in [-0.2, -0.15) is 0 Å². The van der Waals surface area contributed by atoms with Crippen molar-refractivity contribution >= 4 is 122 Å². The first-order valence-electron chi connectivity index (χ1n) is 33.9. The maximum atomic E-state index is 15.6. The first-order chi connectivity index (χ1) is 49.7. The van der Waals surface area contributed by atoms with Gasteiger partial charge in [-0.3, -0.25) is 44.1 Å². The lowest BCUT2D eigenvalue weighted by Gasteiger charge is -2.49.